The molecule has 0 bridgehead atoms. The van der Waals surface area contributed by atoms with Crippen LogP contribution < -0.4 is 10.2 Å². The first-order chi connectivity index (χ1) is 17.3. The van der Waals surface area contributed by atoms with Crippen molar-refractivity contribution in [2.75, 3.05) is 11.4 Å². The Balaban J connectivity index is 1.41. The predicted octanol–water partition coefficient (Wildman–Crippen LogP) is 4.48. The zero-order chi connectivity index (χ0) is 25.0. The molecule has 0 saturated carbocycles. The molecule has 1 saturated heterocycles. The Morgan fingerprint density at radius 2 is 1.81 bits per heavy atom. The number of fused-ring (bicyclic) bond motifs is 2. The van der Waals surface area contributed by atoms with Crippen molar-refractivity contribution < 1.29 is 23.1 Å². The van der Waals surface area contributed by atoms with E-state index in [4.69, 9.17) is 0 Å². The molecule has 0 aliphatic carbocycles. The number of amides is 1. The van der Waals surface area contributed by atoms with Crippen molar-refractivity contribution in [3.8, 4) is 28.5 Å². The van der Waals surface area contributed by atoms with Crippen molar-refractivity contribution in [2.24, 2.45) is 0 Å². The molecule has 0 atom stereocenters. The highest BCUT2D eigenvalue weighted by molar-refractivity contribution is 5.94. The third-order valence-corrected chi connectivity index (χ3v) is 6.69. The highest BCUT2D eigenvalue weighted by Gasteiger charge is 2.33. The number of H-pyrrole nitrogens is 1. The van der Waals surface area contributed by atoms with Crippen LogP contribution in [0.3, 0.4) is 0 Å². The van der Waals surface area contributed by atoms with Gasteiger partial charge in [0.15, 0.2) is 11.6 Å². The summed E-state index contributed by atoms with van der Waals surface area (Å²) < 4.78 is 41.0. The van der Waals surface area contributed by atoms with Crippen LogP contribution in [0.5, 0.6) is 5.75 Å². The Kier molecular flexibility index (Phi) is 5.25. The van der Waals surface area contributed by atoms with E-state index in [1.807, 2.05) is 12.1 Å². The molecule has 2 aromatic heterocycles. The molecule has 1 amide bonds. The number of nitrogens with zero attached hydrogens (tertiary/aromatic N) is 4. The number of carbonyl (C=O) groups is 1. The van der Waals surface area contributed by atoms with Crippen molar-refractivity contribution in [3.63, 3.8) is 0 Å². The summed E-state index contributed by atoms with van der Waals surface area (Å²) in [6.45, 7) is 0.654. The first kappa shape index (κ1) is 22.6. The van der Waals surface area contributed by atoms with Crippen molar-refractivity contribution in [2.45, 2.75) is 45.1 Å². The second-order valence-corrected chi connectivity index (χ2v) is 9.20. The summed E-state index contributed by atoms with van der Waals surface area (Å²) in [4.78, 5) is 21.5. The van der Waals surface area contributed by atoms with Gasteiger partial charge in [-0.25, -0.2) is 9.67 Å². The number of hydrogen-bond donors (Lipinski definition) is 3. The van der Waals surface area contributed by atoms with E-state index in [0.717, 1.165) is 28.7 Å². The number of nitrogens with one attached hydrogen (secondary N) is 2. The van der Waals surface area contributed by atoms with Gasteiger partial charge >= 0.3 is 6.18 Å². The molecule has 0 radical (unpaired) electrons. The molecule has 6 rings (SSSR count). The normalized spacial score (nSPS) is 16.2. The molecule has 3 N–H and O–H groups in total. The zero-order valence-corrected chi connectivity index (χ0v) is 19.2. The van der Waals surface area contributed by atoms with Crippen LogP contribution in [0.25, 0.3) is 33.8 Å². The average molecular weight is 496 g/mol. The molecule has 2 aliphatic rings. The van der Waals surface area contributed by atoms with Crippen LogP contribution >= 0.6 is 0 Å². The van der Waals surface area contributed by atoms with Gasteiger partial charge in [0.25, 0.3) is 0 Å². The topological polar surface area (TPSA) is 99.1 Å². The molecule has 2 aliphatic heterocycles. The minimum absolute atomic E-state index is 0.0120. The van der Waals surface area contributed by atoms with Crippen molar-refractivity contribution in [1.29, 1.82) is 0 Å². The van der Waals surface area contributed by atoms with Crippen LogP contribution in [0.1, 0.15) is 30.4 Å². The summed E-state index contributed by atoms with van der Waals surface area (Å²) in [5.41, 5.74) is 4.47. The van der Waals surface area contributed by atoms with Crippen LogP contribution in [0.2, 0.25) is 0 Å². The molecule has 11 heteroatoms. The van der Waals surface area contributed by atoms with Gasteiger partial charge in [0.2, 0.25) is 5.91 Å². The quantitative estimate of drug-likeness (QED) is 0.387. The lowest BCUT2D eigenvalue weighted by molar-refractivity contribution is -0.142. The van der Waals surface area contributed by atoms with E-state index in [-0.39, 0.29) is 23.1 Å². The SMILES string of the molecule is O=C1CCCCN1c1ccc(-c2nn(CC(F)(F)F)c(-c3nc4cc5c(cc4[nH]3)CNC5)c2O)cc1. The number of carbonyl (C=O) groups excluding carboxylic acids is 1. The number of aromatic amines is 1. The minimum Gasteiger partial charge on any atom is -0.504 e. The van der Waals surface area contributed by atoms with E-state index in [1.54, 1.807) is 29.2 Å². The average Bonchev–Trinajstić information content (AvgIpc) is 3.53. The molecular weight excluding hydrogens is 473 g/mol. The van der Waals surface area contributed by atoms with Crippen molar-refractivity contribution in [1.82, 2.24) is 25.1 Å². The molecule has 4 heterocycles. The molecule has 36 heavy (non-hydrogen) atoms. The number of benzene rings is 2. The van der Waals surface area contributed by atoms with E-state index in [2.05, 4.69) is 20.4 Å². The minimum atomic E-state index is -4.55. The van der Waals surface area contributed by atoms with E-state index < -0.39 is 18.5 Å². The maximum atomic E-state index is 13.4. The van der Waals surface area contributed by atoms with Gasteiger partial charge in [-0.3, -0.25) is 4.79 Å². The van der Waals surface area contributed by atoms with Gasteiger partial charge < -0.3 is 20.3 Å². The highest BCUT2D eigenvalue weighted by atomic mass is 19.4. The van der Waals surface area contributed by atoms with E-state index in [1.165, 1.54) is 0 Å². The summed E-state index contributed by atoms with van der Waals surface area (Å²) in [5.74, 6) is -0.243. The molecule has 1 fully saturated rings. The largest absolute Gasteiger partial charge is 0.504 e. The second kappa shape index (κ2) is 8.37. The number of alkyl halides is 3. The molecule has 186 valence electrons. The number of imidazole rings is 1. The van der Waals surface area contributed by atoms with Crippen LogP contribution in [0.15, 0.2) is 36.4 Å². The third kappa shape index (κ3) is 3.98. The molecule has 0 spiro atoms. The number of anilines is 1. The zero-order valence-electron chi connectivity index (χ0n) is 19.2. The van der Waals surface area contributed by atoms with Crippen LogP contribution in [-0.4, -0.2) is 43.5 Å². The van der Waals surface area contributed by atoms with Crippen LogP contribution in [0, 0.1) is 0 Å². The van der Waals surface area contributed by atoms with Gasteiger partial charge in [-0.1, -0.05) is 12.1 Å². The molecule has 0 unspecified atom stereocenters. The Hall–Kier alpha value is -3.86. The standard InChI is InChI=1S/C25H23F3N6O2/c26-25(27,28)13-34-22(24-30-18-9-15-11-29-12-16(15)10-19(18)31-24)23(36)21(32-34)14-4-6-17(7-5-14)33-8-2-1-3-20(33)35/h4-7,9-10,29,36H,1-3,8,11-13H2,(H,30,31). The van der Waals surface area contributed by atoms with Gasteiger partial charge in [0.1, 0.15) is 17.9 Å². The highest BCUT2D eigenvalue weighted by Crippen LogP contribution is 2.39. The summed E-state index contributed by atoms with van der Waals surface area (Å²) >= 11 is 0. The molecule has 2 aromatic carbocycles. The number of halogens is 3. The number of piperidine rings is 1. The Bertz CT molecular complexity index is 1430. The maximum absolute atomic E-state index is 13.4. The monoisotopic (exact) mass is 496 g/mol. The first-order valence-corrected chi connectivity index (χ1v) is 11.8. The summed E-state index contributed by atoms with van der Waals surface area (Å²) in [6, 6.07) is 10.6. The smallest absolute Gasteiger partial charge is 0.408 e. The fourth-order valence-corrected chi connectivity index (χ4v) is 4.96. The summed E-state index contributed by atoms with van der Waals surface area (Å²) in [7, 11) is 0. The fourth-order valence-electron chi connectivity index (χ4n) is 4.96. The maximum Gasteiger partial charge on any atom is 0.408 e. The number of hydrogen-bond acceptors (Lipinski definition) is 5. The van der Waals surface area contributed by atoms with Crippen molar-refractivity contribution >= 4 is 22.6 Å². The van der Waals surface area contributed by atoms with Gasteiger partial charge in [0, 0.05) is 37.3 Å². The van der Waals surface area contributed by atoms with E-state index >= 15 is 0 Å². The fraction of sp³-hybridized carbons (Fsp3) is 0.320. The van der Waals surface area contributed by atoms with E-state index in [9.17, 15) is 23.1 Å². The van der Waals surface area contributed by atoms with Crippen LogP contribution in [0.4, 0.5) is 18.9 Å². The summed E-state index contributed by atoms with van der Waals surface area (Å²) in [5, 5.41) is 18.5. The molecule has 4 aromatic rings. The van der Waals surface area contributed by atoms with Crippen molar-refractivity contribution in [3.05, 3.63) is 47.5 Å². The third-order valence-electron chi connectivity index (χ3n) is 6.69. The number of aromatic nitrogens is 4. The number of aromatic hydroxyl groups is 1. The van der Waals surface area contributed by atoms with Gasteiger partial charge in [0.05, 0.1) is 11.0 Å². The predicted molar refractivity (Wildman–Crippen MR) is 127 cm³/mol. The Labute approximate surface area is 203 Å². The number of rotatable bonds is 4. The lowest BCUT2D eigenvalue weighted by atomic mass is 10.1. The van der Waals surface area contributed by atoms with Gasteiger partial charge in [-0.05, 0) is 48.2 Å². The van der Waals surface area contributed by atoms with Crippen LogP contribution in [-0.2, 0) is 24.4 Å². The first-order valence-electron chi connectivity index (χ1n) is 11.8. The lowest BCUT2D eigenvalue weighted by Gasteiger charge is -2.26. The van der Waals surface area contributed by atoms with Gasteiger partial charge in [-0.2, -0.15) is 18.3 Å². The molecule has 8 nitrogen and oxygen atoms in total. The Morgan fingerprint density at radius 3 is 2.53 bits per heavy atom. The summed E-state index contributed by atoms with van der Waals surface area (Å²) in [6.07, 6.45) is -2.29. The van der Waals surface area contributed by atoms with E-state index in [0.29, 0.717) is 48.3 Å². The molecular formula is C25H23F3N6O2. The Morgan fingerprint density at radius 1 is 1.06 bits per heavy atom. The lowest BCUT2D eigenvalue weighted by Crippen LogP contribution is -2.35. The van der Waals surface area contributed by atoms with Gasteiger partial charge in [-0.15, -0.1) is 0 Å². The second-order valence-electron chi connectivity index (χ2n) is 9.20.